The van der Waals surface area contributed by atoms with Gasteiger partial charge in [-0.15, -0.1) is 0 Å². The van der Waals surface area contributed by atoms with Crippen molar-refractivity contribution < 1.29 is 21.6 Å². The molecule has 0 aliphatic heterocycles. The van der Waals surface area contributed by atoms with E-state index in [1.54, 1.807) is 0 Å². The summed E-state index contributed by atoms with van der Waals surface area (Å²) in [6, 6.07) is 1.34. The molecule has 0 atom stereocenters. The van der Waals surface area contributed by atoms with E-state index in [2.05, 4.69) is 5.32 Å². The largest absolute Gasteiger partial charge is 0.464 e. The Hall–Kier alpha value is -0.990. The van der Waals surface area contributed by atoms with Gasteiger partial charge in [0.2, 0.25) is 10.0 Å². The topological polar surface area (TPSA) is 71.3 Å². The van der Waals surface area contributed by atoms with Crippen LogP contribution in [0.4, 0.5) is 8.78 Å². The van der Waals surface area contributed by atoms with Crippen LogP contribution < -0.4 is 10.0 Å². The van der Waals surface area contributed by atoms with E-state index in [0.29, 0.717) is 18.8 Å². The Morgan fingerprint density at radius 3 is 2.67 bits per heavy atom. The zero-order valence-electron chi connectivity index (χ0n) is 10.2. The molecule has 104 valence electrons. The molecule has 0 amide bonds. The van der Waals surface area contributed by atoms with Crippen LogP contribution in [0.15, 0.2) is 15.4 Å². The zero-order valence-corrected chi connectivity index (χ0v) is 11.0. The minimum atomic E-state index is -3.94. The molecule has 0 aromatic carbocycles. The van der Waals surface area contributed by atoms with E-state index >= 15 is 0 Å². The second-order valence-corrected chi connectivity index (χ2v) is 5.39. The highest BCUT2D eigenvalue weighted by molar-refractivity contribution is 7.89. The number of halogens is 2. The van der Waals surface area contributed by atoms with Gasteiger partial charge in [-0.1, -0.05) is 6.92 Å². The van der Waals surface area contributed by atoms with Gasteiger partial charge in [0.25, 0.3) is 6.43 Å². The molecular formula is C10H16F2N2O3S. The maximum Gasteiger partial charge on any atom is 0.251 e. The summed E-state index contributed by atoms with van der Waals surface area (Å²) in [5.74, 6) is 0.636. The van der Waals surface area contributed by atoms with Crippen molar-refractivity contribution in [2.75, 3.05) is 13.1 Å². The zero-order chi connectivity index (χ0) is 13.8. The molecule has 1 heterocycles. The molecule has 0 saturated heterocycles. The van der Waals surface area contributed by atoms with Crippen LogP contribution in [0.1, 0.15) is 18.4 Å². The second kappa shape index (κ2) is 6.26. The molecule has 8 heteroatoms. The van der Waals surface area contributed by atoms with Crippen molar-refractivity contribution in [3.05, 3.63) is 17.6 Å². The molecule has 1 aromatic heterocycles. The molecule has 0 spiro atoms. The van der Waals surface area contributed by atoms with Gasteiger partial charge < -0.3 is 9.73 Å². The summed E-state index contributed by atoms with van der Waals surface area (Å²) in [4.78, 5) is -0.101. The van der Waals surface area contributed by atoms with E-state index in [9.17, 15) is 17.2 Å². The maximum absolute atomic E-state index is 12.0. The van der Waals surface area contributed by atoms with Crippen LogP contribution >= 0.6 is 0 Å². The lowest BCUT2D eigenvalue weighted by molar-refractivity contribution is 0.153. The first kappa shape index (κ1) is 15.1. The Bertz CT molecular complexity index is 485. The summed E-state index contributed by atoms with van der Waals surface area (Å²) in [6.07, 6.45) is -2.73. The molecule has 0 saturated carbocycles. The van der Waals surface area contributed by atoms with Crippen LogP contribution in [0.25, 0.3) is 0 Å². The van der Waals surface area contributed by atoms with Crippen molar-refractivity contribution in [1.82, 2.24) is 10.0 Å². The van der Waals surface area contributed by atoms with Gasteiger partial charge in [-0.2, -0.15) is 0 Å². The third kappa shape index (κ3) is 4.04. The fraction of sp³-hybridized carbons (Fsp3) is 0.600. The third-order valence-electron chi connectivity index (χ3n) is 2.19. The molecule has 18 heavy (non-hydrogen) atoms. The summed E-state index contributed by atoms with van der Waals surface area (Å²) < 4.78 is 54.5. The number of nitrogens with one attached hydrogen (secondary N) is 2. The summed E-state index contributed by atoms with van der Waals surface area (Å²) in [7, 11) is -3.94. The molecule has 0 aliphatic carbocycles. The van der Waals surface area contributed by atoms with E-state index < -0.39 is 23.0 Å². The highest BCUT2D eigenvalue weighted by atomic mass is 32.2. The summed E-state index contributed by atoms with van der Waals surface area (Å²) in [5, 5.41) is 2.98. The monoisotopic (exact) mass is 282 g/mol. The van der Waals surface area contributed by atoms with Crippen molar-refractivity contribution in [2.45, 2.75) is 31.7 Å². The van der Waals surface area contributed by atoms with E-state index in [1.165, 1.54) is 13.0 Å². The number of furan rings is 1. The molecule has 0 fully saturated rings. The number of aryl methyl sites for hydroxylation is 1. The van der Waals surface area contributed by atoms with Crippen LogP contribution in [0, 0.1) is 6.92 Å². The van der Waals surface area contributed by atoms with Gasteiger partial charge in [0.05, 0.1) is 13.1 Å². The van der Waals surface area contributed by atoms with Crippen LogP contribution in [0.5, 0.6) is 0 Å². The minimum Gasteiger partial charge on any atom is -0.464 e. The lowest BCUT2D eigenvalue weighted by Crippen LogP contribution is -2.28. The van der Waals surface area contributed by atoms with Crippen molar-refractivity contribution in [3.8, 4) is 0 Å². The lowest BCUT2D eigenvalue weighted by atomic mass is 10.4. The van der Waals surface area contributed by atoms with E-state index in [0.717, 1.165) is 0 Å². The Balaban J connectivity index is 2.84. The van der Waals surface area contributed by atoms with E-state index in [1.807, 2.05) is 11.6 Å². The number of alkyl halides is 2. The highest BCUT2D eigenvalue weighted by Gasteiger charge is 2.22. The van der Waals surface area contributed by atoms with E-state index in [-0.39, 0.29) is 10.7 Å². The van der Waals surface area contributed by atoms with Gasteiger partial charge in [0.15, 0.2) is 0 Å². The van der Waals surface area contributed by atoms with Crippen molar-refractivity contribution in [1.29, 1.82) is 0 Å². The Morgan fingerprint density at radius 2 is 2.11 bits per heavy atom. The summed E-state index contributed by atoms with van der Waals surface area (Å²) in [6.45, 7) is 3.58. The normalized spacial score (nSPS) is 12.3. The first-order valence-electron chi connectivity index (χ1n) is 5.44. The fourth-order valence-corrected chi connectivity index (χ4v) is 2.58. The molecule has 5 nitrogen and oxygen atoms in total. The van der Waals surface area contributed by atoms with Gasteiger partial charge in [0, 0.05) is 6.07 Å². The SMILES string of the molecule is CCNCc1cc(S(=O)(=O)NCC(F)F)c(C)o1. The van der Waals surface area contributed by atoms with Crippen LogP contribution in [0.2, 0.25) is 0 Å². The summed E-state index contributed by atoms with van der Waals surface area (Å²) >= 11 is 0. The molecular weight excluding hydrogens is 266 g/mol. The Kier molecular flexibility index (Phi) is 5.24. The smallest absolute Gasteiger partial charge is 0.251 e. The Morgan fingerprint density at radius 1 is 1.44 bits per heavy atom. The predicted octanol–water partition coefficient (Wildman–Crippen LogP) is 1.24. The lowest BCUT2D eigenvalue weighted by Gasteiger charge is -2.04. The maximum atomic E-state index is 12.0. The highest BCUT2D eigenvalue weighted by Crippen LogP contribution is 2.19. The average molecular weight is 282 g/mol. The van der Waals surface area contributed by atoms with Crippen molar-refractivity contribution in [2.24, 2.45) is 0 Å². The third-order valence-corrected chi connectivity index (χ3v) is 3.72. The van der Waals surface area contributed by atoms with Crippen molar-refractivity contribution in [3.63, 3.8) is 0 Å². The quantitative estimate of drug-likeness (QED) is 0.789. The molecule has 2 N–H and O–H groups in total. The van der Waals surface area contributed by atoms with E-state index in [4.69, 9.17) is 4.42 Å². The number of hydrogen-bond donors (Lipinski definition) is 2. The number of rotatable bonds is 7. The molecule has 1 aromatic rings. The van der Waals surface area contributed by atoms with Crippen LogP contribution in [0.3, 0.4) is 0 Å². The number of sulfonamides is 1. The number of hydrogen-bond acceptors (Lipinski definition) is 4. The van der Waals surface area contributed by atoms with Crippen molar-refractivity contribution >= 4 is 10.0 Å². The average Bonchev–Trinajstić information content (AvgIpc) is 2.66. The van der Waals surface area contributed by atoms with Gasteiger partial charge in [-0.3, -0.25) is 0 Å². The molecule has 0 bridgehead atoms. The fourth-order valence-electron chi connectivity index (χ4n) is 1.38. The van der Waals surface area contributed by atoms with Gasteiger partial charge >= 0.3 is 0 Å². The molecule has 0 radical (unpaired) electrons. The minimum absolute atomic E-state index is 0.101. The molecule has 0 aliphatic rings. The molecule has 1 rings (SSSR count). The van der Waals surface area contributed by atoms with Crippen LogP contribution in [-0.4, -0.2) is 27.9 Å². The first-order valence-corrected chi connectivity index (χ1v) is 6.93. The van der Waals surface area contributed by atoms with Gasteiger partial charge in [-0.25, -0.2) is 21.9 Å². The predicted molar refractivity (Wildman–Crippen MR) is 62.0 cm³/mol. The Labute approximate surface area is 105 Å². The van der Waals surface area contributed by atoms with Gasteiger partial charge in [-0.05, 0) is 13.5 Å². The van der Waals surface area contributed by atoms with Gasteiger partial charge in [0.1, 0.15) is 16.4 Å². The molecule has 0 unspecified atom stereocenters. The summed E-state index contributed by atoms with van der Waals surface area (Å²) in [5.41, 5.74) is 0. The second-order valence-electron chi connectivity index (χ2n) is 3.66. The van der Waals surface area contributed by atoms with Crippen LogP contribution in [-0.2, 0) is 16.6 Å². The standard InChI is InChI=1S/C10H16F2N2O3S/c1-3-13-5-8-4-9(7(2)17-8)18(15,16)14-6-10(11)12/h4,10,13-14H,3,5-6H2,1-2H3. The first-order chi connectivity index (χ1) is 8.36.